The Balaban J connectivity index is 2.01. The number of hydrogen-bond donors (Lipinski definition) is 1. The van der Waals surface area contributed by atoms with Gasteiger partial charge in [-0.05, 0) is 34.6 Å². The Hall–Kier alpha value is -1.20. The zero-order valence-electron chi connectivity index (χ0n) is 12.2. The molecule has 2 aromatic heterocycles. The summed E-state index contributed by atoms with van der Waals surface area (Å²) in [6, 6.07) is 0.923. The standard InChI is InChI=1S/C14H22N4S/c1-9(2)18-7-13(6-15-18)10(3)16-11(4)14-8-19-12(5)17-14/h6-11,16H,1-5H3/t10-,11-/m0/s1. The maximum absolute atomic E-state index is 4.53. The molecule has 2 atom stereocenters. The average molecular weight is 278 g/mol. The van der Waals surface area contributed by atoms with Gasteiger partial charge in [0.1, 0.15) is 0 Å². The minimum Gasteiger partial charge on any atom is -0.302 e. The van der Waals surface area contributed by atoms with Gasteiger partial charge in [-0.15, -0.1) is 11.3 Å². The van der Waals surface area contributed by atoms with Gasteiger partial charge in [0, 0.05) is 35.3 Å². The molecule has 0 aliphatic heterocycles. The Labute approximate surface area is 118 Å². The van der Waals surface area contributed by atoms with Gasteiger partial charge in [-0.2, -0.15) is 5.10 Å². The lowest BCUT2D eigenvalue weighted by atomic mass is 10.1. The van der Waals surface area contributed by atoms with Crippen molar-refractivity contribution in [2.24, 2.45) is 0 Å². The molecule has 5 heteroatoms. The second-order valence-electron chi connectivity index (χ2n) is 5.25. The summed E-state index contributed by atoms with van der Waals surface area (Å²) in [4.78, 5) is 4.53. The minimum atomic E-state index is 0.252. The molecule has 0 aromatic carbocycles. The summed E-state index contributed by atoms with van der Waals surface area (Å²) in [6.07, 6.45) is 4.05. The van der Waals surface area contributed by atoms with E-state index in [4.69, 9.17) is 0 Å². The maximum atomic E-state index is 4.53. The molecule has 19 heavy (non-hydrogen) atoms. The number of hydrogen-bond acceptors (Lipinski definition) is 4. The Bertz CT molecular complexity index is 529. The van der Waals surface area contributed by atoms with Crippen molar-refractivity contribution in [1.82, 2.24) is 20.1 Å². The summed E-state index contributed by atoms with van der Waals surface area (Å²) >= 11 is 1.70. The summed E-state index contributed by atoms with van der Waals surface area (Å²) < 4.78 is 1.99. The van der Waals surface area contributed by atoms with Gasteiger partial charge >= 0.3 is 0 Å². The van der Waals surface area contributed by atoms with Crippen LogP contribution >= 0.6 is 11.3 Å². The molecule has 4 nitrogen and oxygen atoms in total. The molecule has 2 aromatic rings. The van der Waals surface area contributed by atoms with Gasteiger partial charge in [-0.25, -0.2) is 4.98 Å². The van der Waals surface area contributed by atoms with E-state index in [2.05, 4.69) is 54.7 Å². The van der Waals surface area contributed by atoms with Crippen molar-refractivity contribution in [2.45, 2.75) is 52.7 Å². The molecule has 0 spiro atoms. The topological polar surface area (TPSA) is 42.7 Å². The third-order valence-electron chi connectivity index (χ3n) is 3.23. The summed E-state index contributed by atoms with van der Waals surface area (Å²) in [5.74, 6) is 0. The monoisotopic (exact) mass is 278 g/mol. The fraction of sp³-hybridized carbons (Fsp3) is 0.571. The van der Waals surface area contributed by atoms with Gasteiger partial charge in [0.15, 0.2) is 0 Å². The predicted octanol–water partition coefficient (Wildman–Crippen LogP) is 3.64. The van der Waals surface area contributed by atoms with Gasteiger partial charge in [-0.3, -0.25) is 4.68 Å². The first-order chi connectivity index (χ1) is 8.97. The molecule has 2 heterocycles. The minimum absolute atomic E-state index is 0.252. The molecule has 104 valence electrons. The molecule has 0 unspecified atom stereocenters. The lowest BCUT2D eigenvalue weighted by molar-refractivity contribution is 0.485. The van der Waals surface area contributed by atoms with Gasteiger partial charge in [0.25, 0.3) is 0 Å². The van der Waals surface area contributed by atoms with E-state index in [1.54, 1.807) is 11.3 Å². The van der Waals surface area contributed by atoms with Crippen molar-refractivity contribution < 1.29 is 0 Å². The van der Waals surface area contributed by atoms with E-state index < -0.39 is 0 Å². The van der Waals surface area contributed by atoms with E-state index in [0.717, 1.165) is 10.7 Å². The van der Waals surface area contributed by atoms with Crippen LogP contribution in [-0.4, -0.2) is 14.8 Å². The number of aromatic nitrogens is 3. The first-order valence-corrected chi connectivity index (χ1v) is 7.57. The van der Waals surface area contributed by atoms with Gasteiger partial charge in [0.05, 0.1) is 16.9 Å². The maximum Gasteiger partial charge on any atom is 0.0898 e. The normalized spacial score (nSPS) is 14.8. The van der Waals surface area contributed by atoms with Crippen LogP contribution in [-0.2, 0) is 0 Å². The van der Waals surface area contributed by atoms with Crippen molar-refractivity contribution in [3.63, 3.8) is 0 Å². The van der Waals surface area contributed by atoms with E-state index in [1.165, 1.54) is 5.56 Å². The van der Waals surface area contributed by atoms with E-state index in [1.807, 2.05) is 17.8 Å². The number of rotatable bonds is 5. The average Bonchev–Trinajstić information content (AvgIpc) is 2.96. The van der Waals surface area contributed by atoms with Gasteiger partial charge < -0.3 is 5.32 Å². The zero-order chi connectivity index (χ0) is 14.0. The van der Waals surface area contributed by atoms with Crippen molar-refractivity contribution in [2.75, 3.05) is 0 Å². The Morgan fingerprint density at radius 3 is 2.47 bits per heavy atom. The van der Waals surface area contributed by atoms with Gasteiger partial charge in [-0.1, -0.05) is 0 Å². The molecule has 2 rings (SSSR count). The molecular weight excluding hydrogens is 256 g/mol. The summed E-state index contributed by atoms with van der Waals surface area (Å²) in [6.45, 7) is 10.6. The molecule has 0 aliphatic carbocycles. The van der Waals surface area contributed by atoms with Crippen LogP contribution in [0.2, 0.25) is 0 Å². The molecule has 0 bridgehead atoms. The van der Waals surface area contributed by atoms with Crippen molar-refractivity contribution in [3.05, 3.63) is 34.0 Å². The Morgan fingerprint density at radius 2 is 1.95 bits per heavy atom. The smallest absolute Gasteiger partial charge is 0.0898 e. The largest absolute Gasteiger partial charge is 0.302 e. The molecule has 0 fully saturated rings. The van der Waals surface area contributed by atoms with Crippen molar-refractivity contribution in [3.8, 4) is 0 Å². The summed E-state index contributed by atoms with van der Waals surface area (Å²) in [5.41, 5.74) is 2.33. The molecular formula is C14H22N4S. The van der Waals surface area contributed by atoms with E-state index in [0.29, 0.717) is 6.04 Å². The fourth-order valence-electron chi connectivity index (χ4n) is 1.99. The molecule has 0 amide bonds. The van der Waals surface area contributed by atoms with Crippen LogP contribution in [0.3, 0.4) is 0 Å². The number of thiazole rings is 1. The quantitative estimate of drug-likeness (QED) is 0.908. The Morgan fingerprint density at radius 1 is 1.21 bits per heavy atom. The molecule has 1 N–H and O–H groups in total. The summed E-state index contributed by atoms with van der Waals surface area (Å²) in [5, 5.41) is 11.2. The van der Waals surface area contributed by atoms with Crippen LogP contribution in [0.15, 0.2) is 17.8 Å². The van der Waals surface area contributed by atoms with Gasteiger partial charge in [0.2, 0.25) is 0 Å². The van der Waals surface area contributed by atoms with Crippen LogP contribution < -0.4 is 5.32 Å². The lowest BCUT2D eigenvalue weighted by Gasteiger charge is -2.17. The first-order valence-electron chi connectivity index (χ1n) is 6.69. The van der Waals surface area contributed by atoms with E-state index >= 15 is 0 Å². The van der Waals surface area contributed by atoms with Crippen LogP contribution in [0, 0.1) is 6.92 Å². The van der Waals surface area contributed by atoms with Crippen molar-refractivity contribution >= 4 is 11.3 Å². The zero-order valence-corrected chi connectivity index (χ0v) is 13.0. The fourth-order valence-corrected chi connectivity index (χ4v) is 2.70. The highest BCUT2D eigenvalue weighted by Crippen LogP contribution is 2.21. The molecule has 0 saturated heterocycles. The van der Waals surface area contributed by atoms with E-state index in [9.17, 15) is 0 Å². The highest BCUT2D eigenvalue weighted by Gasteiger charge is 2.15. The lowest BCUT2D eigenvalue weighted by Crippen LogP contribution is -2.22. The van der Waals surface area contributed by atoms with Crippen LogP contribution in [0.4, 0.5) is 0 Å². The molecule has 0 radical (unpaired) electrons. The number of nitrogens with one attached hydrogen (secondary N) is 1. The third kappa shape index (κ3) is 3.42. The number of nitrogens with zero attached hydrogens (tertiary/aromatic N) is 3. The second-order valence-corrected chi connectivity index (χ2v) is 6.31. The van der Waals surface area contributed by atoms with Crippen molar-refractivity contribution in [1.29, 1.82) is 0 Å². The highest BCUT2D eigenvalue weighted by atomic mass is 32.1. The van der Waals surface area contributed by atoms with Crippen LogP contribution in [0.1, 0.15) is 62.1 Å². The van der Waals surface area contributed by atoms with Crippen LogP contribution in [0.25, 0.3) is 0 Å². The highest BCUT2D eigenvalue weighted by molar-refractivity contribution is 7.09. The third-order valence-corrected chi connectivity index (χ3v) is 4.02. The number of aryl methyl sites for hydroxylation is 1. The molecule has 0 aliphatic rings. The SMILES string of the molecule is Cc1nc([C@H](C)N[C@@H](C)c2cnn(C(C)C)c2)cs1. The van der Waals surface area contributed by atoms with E-state index in [-0.39, 0.29) is 12.1 Å². The first kappa shape index (κ1) is 14.2. The molecule has 0 saturated carbocycles. The Kier molecular flexibility index (Phi) is 4.37. The predicted molar refractivity (Wildman–Crippen MR) is 79.4 cm³/mol. The van der Waals surface area contributed by atoms with Crippen LogP contribution in [0.5, 0.6) is 0 Å². The second kappa shape index (κ2) is 5.84. The summed E-state index contributed by atoms with van der Waals surface area (Å²) in [7, 11) is 0.